The van der Waals surface area contributed by atoms with Crippen LogP contribution in [0.5, 0.6) is 0 Å². The summed E-state index contributed by atoms with van der Waals surface area (Å²) in [7, 11) is 0. The highest BCUT2D eigenvalue weighted by Gasteiger charge is 2.64. The molecule has 170 valence electrons. The molecule has 9 atom stereocenters. The first kappa shape index (κ1) is 21.5. The van der Waals surface area contributed by atoms with Crippen molar-refractivity contribution in [2.45, 2.75) is 119 Å². The second-order valence-electron chi connectivity index (χ2n) is 14.4. The zero-order valence-electron chi connectivity index (χ0n) is 21.0. The molecule has 1 N–H and O–H groups in total. The fraction of sp³-hybridized carbons (Fsp3) is 0.931. The fourth-order valence-electron chi connectivity index (χ4n) is 10.1. The van der Waals surface area contributed by atoms with Crippen molar-refractivity contribution >= 4 is 0 Å². The molecular weight excluding hydrogens is 364 g/mol. The number of aliphatic hydroxyl groups is 1. The Morgan fingerprint density at radius 1 is 0.800 bits per heavy atom. The molecule has 5 aliphatic rings. The number of hydrogen-bond donors (Lipinski definition) is 1. The quantitative estimate of drug-likeness (QED) is 0.403. The van der Waals surface area contributed by atoms with Crippen molar-refractivity contribution in [3.63, 3.8) is 0 Å². The highest BCUT2D eigenvalue weighted by Crippen LogP contribution is 2.73. The summed E-state index contributed by atoms with van der Waals surface area (Å²) < 4.78 is 0. The van der Waals surface area contributed by atoms with Crippen molar-refractivity contribution in [2.24, 2.45) is 50.7 Å². The minimum absolute atomic E-state index is 0.0840. The molecule has 0 bridgehead atoms. The molecule has 0 aliphatic heterocycles. The molecule has 0 spiro atoms. The van der Waals surface area contributed by atoms with E-state index in [1.165, 1.54) is 57.8 Å². The summed E-state index contributed by atoms with van der Waals surface area (Å²) in [6.45, 7) is 17.9. The summed E-state index contributed by atoms with van der Waals surface area (Å²) in [5.74, 6) is 2.87. The van der Waals surface area contributed by atoms with Crippen molar-refractivity contribution in [1.82, 2.24) is 0 Å². The van der Waals surface area contributed by atoms with Crippen LogP contribution in [0.15, 0.2) is 11.6 Å². The maximum Gasteiger partial charge on any atom is 0.0571 e. The zero-order valence-corrected chi connectivity index (χ0v) is 21.0. The zero-order chi connectivity index (χ0) is 21.7. The fourth-order valence-corrected chi connectivity index (χ4v) is 10.1. The molecule has 0 heterocycles. The Kier molecular flexibility index (Phi) is 4.59. The maximum absolute atomic E-state index is 10.7. The van der Waals surface area contributed by atoms with Gasteiger partial charge in [0, 0.05) is 0 Å². The van der Waals surface area contributed by atoms with Crippen LogP contribution in [0.3, 0.4) is 0 Å². The Morgan fingerprint density at radius 2 is 1.53 bits per heavy atom. The van der Waals surface area contributed by atoms with Gasteiger partial charge in [0.25, 0.3) is 0 Å². The average Bonchev–Trinajstić information content (AvgIpc) is 2.67. The standard InChI is InChI=1S/C29H48O/c1-19-22(30)8-9-23-27(19,5)13-11-21-20-10-12-26(4)15-14-25(2,3)18-24(26)29(20,7)17-16-28(21,23)6/h10,19,21-24,30H,8-9,11-18H2,1-7H3. The SMILES string of the molecule is CC1C(O)CCC2C3(C)CCC4(C)C(=CCC5(C)CCC(C)(C)CC54)C3CCC12C. The van der Waals surface area contributed by atoms with Crippen molar-refractivity contribution in [3.8, 4) is 0 Å². The number of hydrogen-bond acceptors (Lipinski definition) is 1. The first-order valence-corrected chi connectivity index (χ1v) is 13.2. The number of aliphatic hydroxyl groups excluding tert-OH is 1. The van der Waals surface area contributed by atoms with Gasteiger partial charge in [0.1, 0.15) is 0 Å². The van der Waals surface area contributed by atoms with Gasteiger partial charge in [0.05, 0.1) is 6.10 Å². The van der Waals surface area contributed by atoms with Gasteiger partial charge in [-0.3, -0.25) is 0 Å². The molecule has 0 aromatic carbocycles. The first-order valence-electron chi connectivity index (χ1n) is 13.2. The van der Waals surface area contributed by atoms with Crippen LogP contribution in [0.25, 0.3) is 0 Å². The summed E-state index contributed by atoms with van der Waals surface area (Å²) in [4.78, 5) is 0. The minimum Gasteiger partial charge on any atom is -0.393 e. The van der Waals surface area contributed by atoms with E-state index in [0.29, 0.717) is 33.0 Å². The maximum atomic E-state index is 10.7. The van der Waals surface area contributed by atoms with Crippen molar-refractivity contribution in [2.75, 3.05) is 0 Å². The molecule has 0 radical (unpaired) electrons. The van der Waals surface area contributed by atoms with Gasteiger partial charge in [0.2, 0.25) is 0 Å². The lowest BCUT2D eigenvalue weighted by molar-refractivity contribution is -0.164. The van der Waals surface area contributed by atoms with E-state index < -0.39 is 0 Å². The molecule has 1 heteroatoms. The average molecular weight is 413 g/mol. The van der Waals surface area contributed by atoms with E-state index in [1.807, 2.05) is 5.57 Å². The lowest BCUT2D eigenvalue weighted by atomic mass is 9.36. The molecule has 0 amide bonds. The van der Waals surface area contributed by atoms with Crippen molar-refractivity contribution in [1.29, 1.82) is 0 Å². The Hall–Kier alpha value is -0.300. The number of rotatable bonds is 0. The molecule has 30 heavy (non-hydrogen) atoms. The molecule has 5 aliphatic carbocycles. The third kappa shape index (κ3) is 2.69. The Morgan fingerprint density at radius 3 is 2.27 bits per heavy atom. The monoisotopic (exact) mass is 412 g/mol. The van der Waals surface area contributed by atoms with E-state index >= 15 is 0 Å². The van der Waals surface area contributed by atoms with Crippen LogP contribution >= 0.6 is 0 Å². The van der Waals surface area contributed by atoms with E-state index in [-0.39, 0.29) is 6.10 Å². The van der Waals surface area contributed by atoms with Crippen molar-refractivity contribution < 1.29 is 5.11 Å². The van der Waals surface area contributed by atoms with Crippen LogP contribution in [-0.2, 0) is 0 Å². The van der Waals surface area contributed by atoms with Crippen LogP contribution < -0.4 is 0 Å². The Bertz CT molecular complexity index is 749. The van der Waals surface area contributed by atoms with Crippen LogP contribution in [0.1, 0.15) is 113 Å². The second-order valence-corrected chi connectivity index (χ2v) is 14.4. The molecule has 1 nitrogen and oxygen atoms in total. The van der Waals surface area contributed by atoms with Gasteiger partial charge in [-0.1, -0.05) is 60.1 Å². The van der Waals surface area contributed by atoms with Gasteiger partial charge in [-0.15, -0.1) is 0 Å². The molecule has 0 aromatic heterocycles. The molecule has 9 unspecified atom stereocenters. The summed E-state index contributed by atoms with van der Waals surface area (Å²) >= 11 is 0. The van der Waals surface area contributed by atoms with Gasteiger partial charge in [-0.25, -0.2) is 0 Å². The summed E-state index contributed by atoms with van der Waals surface area (Å²) in [6.07, 6.45) is 16.0. The predicted octanol–water partition coefficient (Wildman–Crippen LogP) is 7.78. The van der Waals surface area contributed by atoms with Gasteiger partial charge in [-0.05, 0) is 115 Å². The van der Waals surface area contributed by atoms with Crippen LogP contribution in [0.2, 0.25) is 0 Å². The smallest absolute Gasteiger partial charge is 0.0571 e. The third-order valence-corrected chi connectivity index (χ3v) is 12.5. The van der Waals surface area contributed by atoms with E-state index in [9.17, 15) is 5.11 Å². The van der Waals surface area contributed by atoms with Crippen molar-refractivity contribution in [3.05, 3.63) is 11.6 Å². The van der Waals surface area contributed by atoms with E-state index in [1.54, 1.807) is 0 Å². The summed E-state index contributed by atoms with van der Waals surface area (Å²) in [6, 6.07) is 0. The topological polar surface area (TPSA) is 20.2 Å². The minimum atomic E-state index is -0.0840. The molecule has 4 saturated carbocycles. The first-order chi connectivity index (χ1) is 13.9. The van der Waals surface area contributed by atoms with Gasteiger partial charge < -0.3 is 5.11 Å². The predicted molar refractivity (Wildman–Crippen MR) is 126 cm³/mol. The van der Waals surface area contributed by atoms with Gasteiger partial charge in [0.15, 0.2) is 0 Å². The van der Waals surface area contributed by atoms with Crippen LogP contribution in [0, 0.1) is 50.7 Å². The third-order valence-electron chi connectivity index (χ3n) is 12.5. The van der Waals surface area contributed by atoms with Gasteiger partial charge in [-0.2, -0.15) is 0 Å². The molecule has 4 fully saturated rings. The summed E-state index contributed by atoms with van der Waals surface area (Å²) in [5, 5.41) is 10.7. The Labute approximate surface area is 186 Å². The van der Waals surface area contributed by atoms with Crippen LogP contribution in [-0.4, -0.2) is 11.2 Å². The molecular formula is C29H48O. The molecule has 5 rings (SSSR count). The Balaban J connectivity index is 1.53. The summed E-state index contributed by atoms with van der Waals surface area (Å²) in [5.41, 5.74) is 4.10. The second kappa shape index (κ2) is 6.39. The number of allylic oxidation sites excluding steroid dienone is 2. The lowest BCUT2D eigenvalue weighted by Crippen LogP contribution is -2.61. The normalized spacial score (nSPS) is 57.3. The molecule has 0 aromatic rings. The highest BCUT2D eigenvalue weighted by molar-refractivity contribution is 5.32. The number of fused-ring (bicyclic) bond motifs is 7. The van der Waals surface area contributed by atoms with E-state index in [4.69, 9.17) is 0 Å². The van der Waals surface area contributed by atoms with E-state index in [2.05, 4.69) is 54.5 Å². The largest absolute Gasteiger partial charge is 0.393 e. The lowest BCUT2D eigenvalue weighted by Gasteiger charge is -2.68. The van der Waals surface area contributed by atoms with Crippen LogP contribution in [0.4, 0.5) is 0 Å². The van der Waals surface area contributed by atoms with E-state index in [0.717, 1.165) is 24.2 Å². The highest BCUT2D eigenvalue weighted by atomic mass is 16.3. The molecule has 0 saturated heterocycles. The van der Waals surface area contributed by atoms with Gasteiger partial charge >= 0.3 is 0 Å².